The van der Waals surface area contributed by atoms with Crippen LogP contribution in [0.5, 0.6) is 0 Å². The lowest BCUT2D eigenvalue weighted by Crippen LogP contribution is -2.05. The standard InChI is InChI=1S/C15H16N4/c16-12-4-2-1-3-11(12)15-18-13(9-5-6-9)17-14(19-15)10-7-8-10/h1-4,9-10H,5-8,16H2. The Balaban J connectivity index is 1.84. The molecular weight excluding hydrogens is 236 g/mol. The van der Waals surface area contributed by atoms with Crippen molar-refractivity contribution in [3.63, 3.8) is 0 Å². The van der Waals surface area contributed by atoms with Crippen LogP contribution < -0.4 is 5.73 Å². The van der Waals surface area contributed by atoms with Gasteiger partial charge >= 0.3 is 0 Å². The van der Waals surface area contributed by atoms with Gasteiger partial charge in [-0.2, -0.15) is 0 Å². The predicted molar refractivity (Wildman–Crippen MR) is 73.6 cm³/mol. The van der Waals surface area contributed by atoms with Gasteiger partial charge in [-0.25, -0.2) is 15.0 Å². The van der Waals surface area contributed by atoms with Crippen LogP contribution in [0, 0.1) is 0 Å². The number of anilines is 1. The fraction of sp³-hybridized carbons (Fsp3) is 0.400. The lowest BCUT2D eigenvalue weighted by molar-refractivity contribution is 0.818. The predicted octanol–water partition coefficient (Wildman–Crippen LogP) is 2.88. The molecule has 1 aromatic carbocycles. The second-order valence-corrected chi connectivity index (χ2v) is 5.51. The van der Waals surface area contributed by atoms with E-state index in [1.807, 2.05) is 24.3 Å². The molecule has 0 atom stereocenters. The van der Waals surface area contributed by atoms with Crippen molar-refractivity contribution in [2.45, 2.75) is 37.5 Å². The third-order valence-corrected chi connectivity index (χ3v) is 3.76. The number of nitrogens with two attached hydrogens (primary N) is 1. The van der Waals surface area contributed by atoms with Gasteiger partial charge in [0.1, 0.15) is 11.6 Å². The second-order valence-electron chi connectivity index (χ2n) is 5.51. The largest absolute Gasteiger partial charge is 0.398 e. The minimum Gasteiger partial charge on any atom is -0.398 e. The molecule has 1 heterocycles. The zero-order valence-corrected chi connectivity index (χ0v) is 10.7. The number of nitrogen functional groups attached to an aromatic ring is 1. The van der Waals surface area contributed by atoms with Crippen LogP contribution in [0.4, 0.5) is 5.69 Å². The Bertz CT molecular complexity index is 600. The van der Waals surface area contributed by atoms with Crippen LogP contribution in [0.25, 0.3) is 11.4 Å². The maximum atomic E-state index is 6.04. The number of nitrogens with zero attached hydrogens (tertiary/aromatic N) is 3. The topological polar surface area (TPSA) is 64.7 Å². The molecule has 0 spiro atoms. The molecule has 2 saturated carbocycles. The highest BCUT2D eigenvalue weighted by molar-refractivity contribution is 5.71. The van der Waals surface area contributed by atoms with Gasteiger partial charge < -0.3 is 5.73 Å². The van der Waals surface area contributed by atoms with Crippen molar-refractivity contribution >= 4 is 5.69 Å². The summed E-state index contributed by atoms with van der Waals surface area (Å²) in [5, 5.41) is 0. The monoisotopic (exact) mass is 252 g/mol. The smallest absolute Gasteiger partial charge is 0.165 e. The summed E-state index contributed by atoms with van der Waals surface area (Å²) in [5.74, 6) is 3.77. The Kier molecular flexibility index (Phi) is 2.31. The highest BCUT2D eigenvalue weighted by atomic mass is 15.1. The molecule has 2 fully saturated rings. The third-order valence-electron chi connectivity index (χ3n) is 3.76. The van der Waals surface area contributed by atoms with Crippen molar-refractivity contribution < 1.29 is 0 Å². The first-order chi connectivity index (χ1) is 9.31. The van der Waals surface area contributed by atoms with Gasteiger partial charge in [-0.05, 0) is 37.8 Å². The summed E-state index contributed by atoms with van der Waals surface area (Å²) in [6.07, 6.45) is 4.82. The Morgan fingerprint density at radius 2 is 1.42 bits per heavy atom. The molecule has 4 rings (SSSR count). The van der Waals surface area contributed by atoms with Gasteiger partial charge in [0.15, 0.2) is 5.82 Å². The van der Waals surface area contributed by atoms with Crippen molar-refractivity contribution in [1.29, 1.82) is 0 Å². The van der Waals surface area contributed by atoms with Crippen LogP contribution in [0.1, 0.15) is 49.2 Å². The van der Waals surface area contributed by atoms with E-state index < -0.39 is 0 Å². The van der Waals surface area contributed by atoms with E-state index in [9.17, 15) is 0 Å². The summed E-state index contributed by atoms with van der Waals surface area (Å²) in [4.78, 5) is 13.9. The number of para-hydroxylation sites is 1. The Morgan fingerprint density at radius 1 is 0.842 bits per heavy atom. The molecule has 0 unspecified atom stereocenters. The van der Waals surface area contributed by atoms with Crippen LogP contribution in [-0.2, 0) is 0 Å². The van der Waals surface area contributed by atoms with Gasteiger partial charge in [-0.15, -0.1) is 0 Å². The normalized spacial score (nSPS) is 18.5. The fourth-order valence-corrected chi connectivity index (χ4v) is 2.28. The van der Waals surface area contributed by atoms with E-state index >= 15 is 0 Å². The first-order valence-corrected chi connectivity index (χ1v) is 6.92. The van der Waals surface area contributed by atoms with Gasteiger partial charge in [-0.1, -0.05) is 12.1 Å². The van der Waals surface area contributed by atoms with Crippen LogP contribution >= 0.6 is 0 Å². The minimum absolute atomic E-state index is 0.546. The second kappa shape index (κ2) is 4.02. The van der Waals surface area contributed by atoms with Crippen LogP contribution in [-0.4, -0.2) is 15.0 Å². The highest BCUT2D eigenvalue weighted by Crippen LogP contribution is 2.42. The molecule has 0 radical (unpaired) electrons. The van der Waals surface area contributed by atoms with Crippen molar-refractivity contribution in [1.82, 2.24) is 15.0 Å². The van der Waals surface area contributed by atoms with Crippen LogP contribution in [0.3, 0.4) is 0 Å². The molecule has 2 aliphatic rings. The maximum absolute atomic E-state index is 6.04. The van der Waals surface area contributed by atoms with Gasteiger partial charge in [0.25, 0.3) is 0 Å². The molecule has 19 heavy (non-hydrogen) atoms. The number of hydrogen-bond acceptors (Lipinski definition) is 4. The number of hydrogen-bond donors (Lipinski definition) is 1. The molecule has 2 aromatic rings. The number of rotatable bonds is 3. The molecule has 0 bridgehead atoms. The van der Waals surface area contributed by atoms with Gasteiger partial charge in [0.05, 0.1) is 0 Å². The molecule has 4 heteroatoms. The highest BCUT2D eigenvalue weighted by Gasteiger charge is 2.32. The van der Waals surface area contributed by atoms with Crippen molar-refractivity contribution in [3.05, 3.63) is 35.9 Å². The lowest BCUT2D eigenvalue weighted by Gasteiger charge is -2.08. The van der Waals surface area contributed by atoms with E-state index in [1.54, 1.807) is 0 Å². The number of aromatic nitrogens is 3. The maximum Gasteiger partial charge on any atom is 0.165 e. The average molecular weight is 252 g/mol. The third kappa shape index (κ3) is 2.07. The van der Waals surface area contributed by atoms with Crippen molar-refractivity contribution in [3.8, 4) is 11.4 Å². The Morgan fingerprint density at radius 3 is 1.95 bits per heavy atom. The first-order valence-electron chi connectivity index (χ1n) is 6.92. The van der Waals surface area contributed by atoms with E-state index in [4.69, 9.17) is 5.73 Å². The van der Waals surface area contributed by atoms with Crippen molar-refractivity contribution in [2.24, 2.45) is 0 Å². The zero-order valence-electron chi connectivity index (χ0n) is 10.7. The summed E-state index contributed by atoms with van der Waals surface area (Å²) in [5.41, 5.74) is 7.69. The number of benzene rings is 1. The van der Waals surface area contributed by atoms with Gasteiger partial charge in [0.2, 0.25) is 0 Å². The summed E-state index contributed by atoms with van der Waals surface area (Å²) in [6.45, 7) is 0. The molecule has 2 N–H and O–H groups in total. The van der Waals surface area contributed by atoms with E-state index in [0.717, 1.165) is 28.7 Å². The van der Waals surface area contributed by atoms with Crippen molar-refractivity contribution in [2.75, 3.05) is 5.73 Å². The Labute approximate surface area is 112 Å². The first kappa shape index (κ1) is 10.9. The fourth-order valence-electron chi connectivity index (χ4n) is 2.28. The molecule has 2 aliphatic carbocycles. The molecular formula is C15H16N4. The molecule has 96 valence electrons. The summed E-state index contributed by atoms with van der Waals surface area (Å²) in [6, 6.07) is 7.79. The molecule has 4 nitrogen and oxygen atoms in total. The SMILES string of the molecule is Nc1ccccc1-c1nc(C2CC2)nc(C2CC2)n1. The zero-order chi connectivity index (χ0) is 12.8. The molecule has 1 aromatic heterocycles. The van der Waals surface area contributed by atoms with Crippen LogP contribution in [0.15, 0.2) is 24.3 Å². The average Bonchev–Trinajstić information content (AvgIpc) is 3.31. The minimum atomic E-state index is 0.546. The summed E-state index contributed by atoms with van der Waals surface area (Å²) in [7, 11) is 0. The Hall–Kier alpha value is -1.97. The molecule has 0 aliphatic heterocycles. The van der Waals surface area contributed by atoms with Crippen LogP contribution in [0.2, 0.25) is 0 Å². The lowest BCUT2D eigenvalue weighted by atomic mass is 10.1. The van der Waals surface area contributed by atoms with E-state index in [1.165, 1.54) is 25.7 Å². The van der Waals surface area contributed by atoms with E-state index in [0.29, 0.717) is 11.8 Å². The van der Waals surface area contributed by atoms with E-state index in [-0.39, 0.29) is 0 Å². The summed E-state index contributed by atoms with van der Waals surface area (Å²) >= 11 is 0. The quantitative estimate of drug-likeness (QED) is 0.853. The summed E-state index contributed by atoms with van der Waals surface area (Å²) < 4.78 is 0. The van der Waals surface area contributed by atoms with Gasteiger partial charge in [0, 0.05) is 23.1 Å². The van der Waals surface area contributed by atoms with E-state index in [2.05, 4.69) is 15.0 Å². The molecule has 0 amide bonds. The van der Waals surface area contributed by atoms with Gasteiger partial charge in [-0.3, -0.25) is 0 Å². The molecule has 0 saturated heterocycles.